The Morgan fingerprint density at radius 2 is 1.90 bits per heavy atom. The molecule has 0 spiro atoms. The predicted molar refractivity (Wildman–Crippen MR) is 107 cm³/mol. The van der Waals surface area contributed by atoms with Crippen molar-refractivity contribution in [1.29, 1.82) is 0 Å². The fourth-order valence-corrected chi connectivity index (χ4v) is 5.59. The molecule has 1 fully saturated rings. The molecule has 1 amide bonds. The topological polar surface area (TPSA) is 92.3 Å². The number of rotatable bonds is 5. The maximum absolute atomic E-state index is 13.1. The summed E-state index contributed by atoms with van der Waals surface area (Å²) in [7, 11) is -3.90. The lowest BCUT2D eigenvalue weighted by Crippen LogP contribution is -2.43. The SMILES string of the molecule is O=C(Nc1nc(-c2ccncc2)cs1)C1CCCN1S(=O)(=O)c1ccc(F)cc1. The molecule has 0 radical (unpaired) electrons. The summed E-state index contributed by atoms with van der Waals surface area (Å²) in [4.78, 5) is 21.1. The highest BCUT2D eigenvalue weighted by atomic mass is 32.2. The van der Waals surface area contributed by atoms with Crippen molar-refractivity contribution in [3.63, 3.8) is 0 Å². The molecule has 0 aliphatic carbocycles. The quantitative estimate of drug-likeness (QED) is 0.669. The summed E-state index contributed by atoms with van der Waals surface area (Å²) in [6.45, 7) is 0.234. The molecule has 1 unspecified atom stereocenters. The van der Waals surface area contributed by atoms with E-state index >= 15 is 0 Å². The first kappa shape index (κ1) is 19.6. The van der Waals surface area contributed by atoms with E-state index in [-0.39, 0.29) is 11.4 Å². The molecule has 2 aromatic heterocycles. The van der Waals surface area contributed by atoms with E-state index in [9.17, 15) is 17.6 Å². The molecule has 1 aromatic carbocycles. The summed E-state index contributed by atoms with van der Waals surface area (Å²) >= 11 is 1.27. The predicted octanol–water partition coefficient (Wildman–Crippen LogP) is 3.14. The van der Waals surface area contributed by atoms with Gasteiger partial charge in [0.25, 0.3) is 0 Å². The van der Waals surface area contributed by atoms with Gasteiger partial charge in [-0.2, -0.15) is 4.31 Å². The first-order valence-corrected chi connectivity index (χ1v) is 11.2. The number of pyridine rings is 1. The van der Waals surface area contributed by atoms with Crippen LogP contribution in [0.3, 0.4) is 0 Å². The van der Waals surface area contributed by atoms with E-state index in [0.29, 0.717) is 23.7 Å². The smallest absolute Gasteiger partial charge is 0.244 e. The molecule has 3 aromatic rings. The first-order chi connectivity index (χ1) is 13.9. The van der Waals surface area contributed by atoms with Gasteiger partial charge in [-0.3, -0.25) is 9.78 Å². The lowest BCUT2D eigenvalue weighted by Gasteiger charge is -2.23. The van der Waals surface area contributed by atoms with Crippen LogP contribution in [0.5, 0.6) is 0 Å². The zero-order chi connectivity index (χ0) is 20.4. The highest BCUT2D eigenvalue weighted by molar-refractivity contribution is 7.89. The van der Waals surface area contributed by atoms with Crippen LogP contribution in [0.4, 0.5) is 9.52 Å². The van der Waals surface area contributed by atoms with Crippen LogP contribution in [0.1, 0.15) is 12.8 Å². The zero-order valence-electron chi connectivity index (χ0n) is 15.2. The number of halogens is 1. The van der Waals surface area contributed by atoms with Crippen LogP contribution in [0.15, 0.2) is 59.1 Å². The van der Waals surface area contributed by atoms with Gasteiger partial charge < -0.3 is 5.32 Å². The first-order valence-electron chi connectivity index (χ1n) is 8.89. The number of sulfonamides is 1. The van der Waals surface area contributed by atoms with Crippen molar-refractivity contribution in [3.8, 4) is 11.3 Å². The summed E-state index contributed by atoms with van der Waals surface area (Å²) < 4.78 is 40.1. The van der Waals surface area contributed by atoms with Crippen LogP contribution in [-0.4, -0.2) is 41.2 Å². The molecule has 1 aliphatic heterocycles. The van der Waals surface area contributed by atoms with Crippen LogP contribution in [0.25, 0.3) is 11.3 Å². The van der Waals surface area contributed by atoms with Gasteiger partial charge in [0.2, 0.25) is 15.9 Å². The minimum absolute atomic E-state index is 0.0344. The fourth-order valence-electron chi connectivity index (χ4n) is 3.21. The Labute approximate surface area is 171 Å². The van der Waals surface area contributed by atoms with E-state index in [1.165, 1.54) is 27.8 Å². The minimum atomic E-state index is -3.90. The normalized spacial score (nSPS) is 17.3. The number of nitrogens with zero attached hydrogens (tertiary/aromatic N) is 3. The van der Waals surface area contributed by atoms with Crippen LogP contribution < -0.4 is 5.32 Å². The summed E-state index contributed by atoms with van der Waals surface area (Å²) in [6.07, 6.45) is 4.29. The molecular weight excluding hydrogens is 415 g/mol. The number of amides is 1. The number of aromatic nitrogens is 2. The van der Waals surface area contributed by atoms with E-state index in [4.69, 9.17) is 0 Å². The van der Waals surface area contributed by atoms with Gasteiger partial charge in [0.15, 0.2) is 5.13 Å². The maximum Gasteiger partial charge on any atom is 0.244 e. The molecule has 150 valence electrons. The average Bonchev–Trinajstić information content (AvgIpc) is 3.39. The molecule has 29 heavy (non-hydrogen) atoms. The Morgan fingerprint density at radius 1 is 1.17 bits per heavy atom. The Balaban J connectivity index is 1.51. The molecule has 1 aliphatic rings. The Bertz CT molecular complexity index is 1120. The van der Waals surface area contributed by atoms with Crippen LogP contribution in [-0.2, 0) is 14.8 Å². The molecular formula is C19H17FN4O3S2. The number of benzene rings is 1. The summed E-state index contributed by atoms with van der Waals surface area (Å²) in [5, 5.41) is 4.93. The van der Waals surface area contributed by atoms with Crippen molar-refractivity contribution in [2.24, 2.45) is 0 Å². The number of anilines is 1. The van der Waals surface area contributed by atoms with Crippen molar-refractivity contribution >= 4 is 32.4 Å². The highest BCUT2D eigenvalue weighted by Gasteiger charge is 2.39. The summed E-state index contributed by atoms with van der Waals surface area (Å²) in [6, 6.07) is 7.39. The van der Waals surface area contributed by atoms with E-state index in [2.05, 4.69) is 15.3 Å². The third-order valence-electron chi connectivity index (χ3n) is 4.64. The van der Waals surface area contributed by atoms with Gasteiger partial charge in [0.05, 0.1) is 10.6 Å². The zero-order valence-corrected chi connectivity index (χ0v) is 16.8. The van der Waals surface area contributed by atoms with Gasteiger partial charge in [-0.25, -0.2) is 17.8 Å². The van der Waals surface area contributed by atoms with Crippen molar-refractivity contribution < 1.29 is 17.6 Å². The van der Waals surface area contributed by atoms with Crippen molar-refractivity contribution in [1.82, 2.24) is 14.3 Å². The van der Waals surface area contributed by atoms with E-state index in [1.54, 1.807) is 12.4 Å². The van der Waals surface area contributed by atoms with Crippen LogP contribution in [0, 0.1) is 5.82 Å². The van der Waals surface area contributed by atoms with Gasteiger partial charge in [0, 0.05) is 29.9 Å². The van der Waals surface area contributed by atoms with Crippen LogP contribution in [0.2, 0.25) is 0 Å². The molecule has 4 rings (SSSR count). The molecule has 1 atom stereocenters. The Morgan fingerprint density at radius 3 is 2.62 bits per heavy atom. The van der Waals surface area contributed by atoms with E-state index < -0.39 is 27.8 Å². The number of carbonyl (C=O) groups is 1. The Kier molecular flexibility index (Phi) is 5.39. The van der Waals surface area contributed by atoms with Gasteiger partial charge in [-0.15, -0.1) is 11.3 Å². The Hall–Kier alpha value is -2.69. The number of nitrogens with one attached hydrogen (secondary N) is 1. The summed E-state index contributed by atoms with van der Waals surface area (Å²) in [5.41, 5.74) is 1.58. The van der Waals surface area contributed by atoms with Gasteiger partial charge in [-0.05, 0) is 49.2 Å². The van der Waals surface area contributed by atoms with Crippen molar-refractivity contribution in [2.75, 3.05) is 11.9 Å². The van der Waals surface area contributed by atoms with Crippen molar-refractivity contribution in [3.05, 3.63) is 60.0 Å². The maximum atomic E-state index is 13.1. The number of hydrogen-bond donors (Lipinski definition) is 1. The minimum Gasteiger partial charge on any atom is -0.301 e. The number of hydrogen-bond acceptors (Lipinski definition) is 6. The second kappa shape index (κ2) is 7.97. The lowest BCUT2D eigenvalue weighted by molar-refractivity contribution is -0.119. The third-order valence-corrected chi connectivity index (χ3v) is 7.32. The second-order valence-electron chi connectivity index (χ2n) is 6.49. The molecule has 0 saturated carbocycles. The van der Waals surface area contributed by atoms with Gasteiger partial charge in [0.1, 0.15) is 11.9 Å². The van der Waals surface area contributed by atoms with Gasteiger partial charge in [-0.1, -0.05) is 0 Å². The summed E-state index contributed by atoms with van der Waals surface area (Å²) in [5.74, 6) is -0.947. The standard InChI is InChI=1S/C19H17FN4O3S2/c20-14-3-5-15(6-4-14)29(26,27)24-11-1-2-17(24)18(25)23-19-22-16(12-28-19)13-7-9-21-10-8-13/h3-10,12,17H,1-2,11H2,(H,22,23,25). The third kappa shape index (κ3) is 4.04. The van der Waals surface area contributed by atoms with Crippen molar-refractivity contribution in [2.45, 2.75) is 23.8 Å². The van der Waals surface area contributed by atoms with Gasteiger partial charge >= 0.3 is 0 Å². The molecule has 10 heteroatoms. The monoisotopic (exact) mass is 432 g/mol. The molecule has 7 nitrogen and oxygen atoms in total. The molecule has 1 saturated heterocycles. The number of thiazole rings is 1. The number of carbonyl (C=O) groups excluding carboxylic acids is 1. The average molecular weight is 433 g/mol. The second-order valence-corrected chi connectivity index (χ2v) is 9.24. The fraction of sp³-hybridized carbons (Fsp3) is 0.211. The van der Waals surface area contributed by atoms with E-state index in [0.717, 1.165) is 17.7 Å². The molecule has 1 N–H and O–H groups in total. The van der Waals surface area contributed by atoms with E-state index in [1.807, 2.05) is 17.5 Å². The molecule has 3 heterocycles. The largest absolute Gasteiger partial charge is 0.301 e. The lowest BCUT2D eigenvalue weighted by atomic mass is 10.2. The van der Waals surface area contributed by atoms with Crippen LogP contribution >= 0.6 is 11.3 Å². The molecule has 0 bridgehead atoms. The highest BCUT2D eigenvalue weighted by Crippen LogP contribution is 2.29.